The van der Waals surface area contributed by atoms with Crippen LogP contribution < -0.4 is 10.2 Å². The fourth-order valence-corrected chi connectivity index (χ4v) is 5.58. The maximum atomic E-state index is 12.9. The molecule has 0 radical (unpaired) electrons. The summed E-state index contributed by atoms with van der Waals surface area (Å²) in [5.41, 5.74) is 1.86. The third-order valence-electron chi connectivity index (χ3n) is 7.36. The molecule has 0 bridgehead atoms. The normalized spacial score (nSPS) is 22.5. The molecule has 0 aromatic carbocycles. The first-order chi connectivity index (χ1) is 15.8. The number of aryl methyl sites for hydroxylation is 2. The highest BCUT2D eigenvalue weighted by Gasteiger charge is 2.29. The van der Waals surface area contributed by atoms with E-state index in [1.165, 1.54) is 51.6 Å². The summed E-state index contributed by atoms with van der Waals surface area (Å²) < 4.78 is 2.28. The first-order valence-electron chi connectivity index (χ1n) is 12.7. The zero-order valence-corrected chi connectivity index (χ0v) is 19.3. The van der Waals surface area contributed by atoms with Crippen LogP contribution in [0, 0.1) is 5.92 Å². The number of fused-ring (bicyclic) bond motifs is 3. The molecule has 0 spiro atoms. The number of hydrogen-bond donors (Lipinski definition) is 1. The number of aromatic nitrogens is 4. The van der Waals surface area contributed by atoms with E-state index in [-0.39, 0.29) is 11.8 Å². The number of piperidine rings is 2. The standard InChI is InChI=1S/C24H37N7O/c32-24(25-11-8-14-29-12-4-2-5-13-29)19-9-7-15-30(17-19)22-21-23(27-18-26-22)31-16-6-1-3-10-20(31)28-21/h18-19H,1-17H2,(H,25,32)/t19-/m0/s1. The van der Waals surface area contributed by atoms with Crippen molar-refractivity contribution in [2.24, 2.45) is 5.92 Å². The van der Waals surface area contributed by atoms with E-state index in [0.717, 1.165) is 74.7 Å². The van der Waals surface area contributed by atoms with Crippen molar-refractivity contribution in [1.29, 1.82) is 0 Å². The molecule has 1 atom stereocenters. The van der Waals surface area contributed by atoms with E-state index in [2.05, 4.69) is 29.7 Å². The summed E-state index contributed by atoms with van der Waals surface area (Å²) in [5.74, 6) is 2.25. The second-order valence-corrected chi connectivity index (χ2v) is 9.69. The lowest BCUT2D eigenvalue weighted by molar-refractivity contribution is -0.125. The van der Waals surface area contributed by atoms with Gasteiger partial charge in [0, 0.05) is 32.6 Å². The maximum absolute atomic E-state index is 12.9. The zero-order valence-electron chi connectivity index (χ0n) is 19.3. The molecule has 2 fully saturated rings. The molecule has 1 amide bonds. The van der Waals surface area contributed by atoms with E-state index < -0.39 is 0 Å². The van der Waals surface area contributed by atoms with Crippen molar-refractivity contribution in [3.63, 3.8) is 0 Å². The lowest BCUT2D eigenvalue weighted by Gasteiger charge is -2.33. The number of rotatable bonds is 6. The van der Waals surface area contributed by atoms with Crippen molar-refractivity contribution in [1.82, 2.24) is 29.7 Å². The molecule has 8 heteroatoms. The van der Waals surface area contributed by atoms with Gasteiger partial charge in [-0.25, -0.2) is 15.0 Å². The van der Waals surface area contributed by atoms with Gasteiger partial charge >= 0.3 is 0 Å². The number of likely N-dealkylation sites (tertiary alicyclic amines) is 1. The molecular formula is C24H37N7O. The van der Waals surface area contributed by atoms with Crippen LogP contribution in [0.3, 0.4) is 0 Å². The minimum absolute atomic E-state index is 0.0178. The summed E-state index contributed by atoms with van der Waals surface area (Å²) in [6.07, 6.45) is 13.3. The molecule has 174 valence electrons. The Kier molecular flexibility index (Phi) is 6.86. The Morgan fingerprint density at radius 2 is 1.84 bits per heavy atom. The highest BCUT2D eigenvalue weighted by Crippen LogP contribution is 2.29. The molecule has 2 aromatic heterocycles. The van der Waals surface area contributed by atoms with Crippen LogP contribution in [0.4, 0.5) is 5.82 Å². The first kappa shape index (κ1) is 21.6. The van der Waals surface area contributed by atoms with Gasteiger partial charge < -0.3 is 19.7 Å². The van der Waals surface area contributed by atoms with Gasteiger partial charge in [-0.1, -0.05) is 12.8 Å². The topological polar surface area (TPSA) is 79.2 Å². The van der Waals surface area contributed by atoms with Gasteiger partial charge in [0.05, 0.1) is 5.92 Å². The van der Waals surface area contributed by atoms with Crippen molar-refractivity contribution in [2.45, 2.75) is 70.8 Å². The molecule has 0 aliphatic carbocycles. The summed E-state index contributed by atoms with van der Waals surface area (Å²) >= 11 is 0. The average Bonchev–Trinajstić information content (AvgIpc) is 3.03. The number of amides is 1. The largest absolute Gasteiger partial charge is 0.356 e. The van der Waals surface area contributed by atoms with Crippen LogP contribution in [-0.4, -0.2) is 69.6 Å². The van der Waals surface area contributed by atoms with Crippen molar-refractivity contribution in [2.75, 3.05) is 44.2 Å². The van der Waals surface area contributed by atoms with E-state index in [0.29, 0.717) is 6.54 Å². The maximum Gasteiger partial charge on any atom is 0.224 e. The summed E-state index contributed by atoms with van der Waals surface area (Å²) in [7, 11) is 0. The second-order valence-electron chi connectivity index (χ2n) is 9.69. The molecule has 5 rings (SSSR count). The Morgan fingerprint density at radius 1 is 1.00 bits per heavy atom. The van der Waals surface area contributed by atoms with E-state index in [4.69, 9.17) is 4.98 Å². The fraction of sp³-hybridized carbons (Fsp3) is 0.750. The molecule has 5 heterocycles. The second kappa shape index (κ2) is 10.1. The molecule has 0 saturated carbocycles. The molecule has 2 saturated heterocycles. The molecule has 1 N–H and O–H groups in total. The molecule has 32 heavy (non-hydrogen) atoms. The highest BCUT2D eigenvalue weighted by molar-refractivity contribution is 5.85. The molecule has 2 aromatic rings. The van der Waals surface area contributed by atoms with Crippen molar-refractivity contribution < 1.29 is 4.79 Å². The number of carbonyl (C=O) groups is 1. The number of imidazole rings is 1. The van der Waals surface area contributed by atoms with Crippen LogP contribution in [0.25, 0.3) is 11.2 Å². The first-order valence-corrected chi connectivity index (χ1v) is 12.7. The third-order valence-corrected chi connectivity index (χ3v) is 7.36. The minimum atomic E-state index is 0.0178. The van der Waals surface area contributed by atoms with Crippen molar-refractivity contribution in [3.8, 4) is 0 Å². The SMILES string of the molecule is O=C(NCCCN1CCCCC1)[C@H]1CCCN(c2ncnc3c2nc2n3CCCCC2)C1. The van der Waals surface area contributed by atoms with Crippen molar-refractivity contribution >= 4 is 22.9 Å². The molecular weight excluding hydrogens is 402 g/mol. The van der Waals surface area contributed by atoms with Gasteiger partial charge in [0.25, 0.3) is 0 Å². The van der Waals surface area contributed by atoms with Crippen LogP contribution in [-0.2, 0) is 17.8 Å². The van der Waals surface area contributed by atoms with Crippen LogP contribution in [0.5, 0.6) is 0 Å². The van der Waals surface area contributed by atoms with Gasteiger partial charge in [0.1, 0.15) is 12.2 Å². The average molecular weight is 440 g/mol. The number of nitrogens with one attached hydrogen (secondary N) is 1. The Hall–Kier alpha value is -2.22. The number of anilines is 1. The smallest absolute Gasteiger partial charge is 0.224 e. The molecule has 8 nitrogen and oxygen atoms in total. The Labute approximate surface area is 190 Å². The Balaban J connectivity index is 1.20. The summed E-state index contributed by atoms with van der Waals surface area (Å²) in [5, 5.41) is 3.20. The number of nitrogens with zero attached hydrogens (tertiary/aromatic N) is 6. The zero-order chi connectivity index (χ0) is 21.8. The number of hydrogen-bond acceptors (Lipinski definition) is 6. The van der Waals surface area contributed by atoms with E-state index in [1.54, 1.807) is 6.33 Å². The van der Waals surface area contributed by atoms with E-state index in [9.17, 15) is 4.79 Å². The van der Waals surface area contributed by atoms with Gasteiger partial charge in [-0.05, 0) is 64.6 Å². The quantitative estimate of drug-likeness (QED) is 0.698. The van der Waals surface area contributed by atoms with Gasteiger partial charge in [-0.3, -0.25) is 4.79 Å². The lowest BCUT2D eigenvalue weighted by atomic mass is 9.97. The van der Waals surface area contributed by atoms with Gasteiger partial charge in [0.15, 0.2) is 17.0 Å². The summed E-state index contributed by atoms with van der Waals surface area (Å²) in [6.45, 7) is 6.94. The van der Waals surface area contributed by atoms with Crippen LogP contribution in [0.2, 0.25) is 0 Å². The predicted octanol–water partition coefficient (Wildman–Crippen LogP) is 2.76. The monoisotopic (exact) mass is 439 g/mol. The van der Waals surface area contributed by atoms with E-state index >= 15 is 0 Å². The summed E-state index contributed by atoms with van der Waals surface area (Å²) in [4.78, 5) is 31.8. The van der Waals surface area contributed by atoms with Crippen LogP contribution >= 0.6 is 0 Å². The molecule has 3 aliphatic heterocycles. The van der Waals surface area contributed by atoms with Gasteiger partial charge in [-0.15, -0.1) is 0 Å². The number of carbonyl (C=O) groups excluding carboxylic acids is 1. The fourth-order valence-electron chi connectivity index (χ4n) is 5.58. The summed E-state index contributed by atoms with van der Waals surface area (Å²) in [6, 6.07) is 0. The Bertz CT molecular complexity index is 920. The van der Waals surface area contributed by atoms with Crippen LogP contribution in [0.15, 0.2) is 6.33 Å². The Morgan fingerprint density at radius 3 is 2.75 bits per heavy atom. The van der Waals surface area contributed by atoms with Gasteiger partial charge in [0.2, 0.25) is 5.91 Å². The van der Waals surface area contributed by atoms with Crippen molar-refractivity contribution in [3.05, 3.63) is 12.2 Å². The lowest BCUT2D eigenvalue weighted by Crippen LogP contribution is -2.44. The van der Waals surface area contributed by atoms with Gasteiger partial charge in [-0.2, -0.15) is 0 Å². The van der Waals surface area contributed by atoms with E-state index in [1.807, 2.05) is 0 Å². The minimum Gasteiger partial charge on any atom is -0.356 e. The van der Waals surface area contributed by atoms with Crippen LogP contribution in [0.1, 0.15) is 63.6 Å². The molecule has 0 unspecified atom stereocenters. The highest BCUT2D eigenvalue weighted by atomic mass is 16.1. The predicted molar refractivity (Wildman–Crippen MR) is 126 cm³/mol. The third kappa shape index (κ3) is 4.75. The molecule has 3 aliphatic rings.